The van der Waals surface area contributed by atoms with E-state index in [-0.39, 0.29) is 11.4 Å². The van der Waals surface area contributed by atoms with Crippen LogP contribution in [0.3, 0.4) is 0 Å². The van der Waals surface area contributed by atoms with Crippen molar-refractivity contribution in [2.45, 2.75) is 45.6 Å². The first-order chi connectivity index (χ1) is 6.96. The Hall–Kier alpha value is -0.610. The second-order valence-corrected chi connectivity index (χ2v) is 5.08. The highest BCUT2D eigenvalue weighted by molar-refractivity contribution is 5.77. The highest BCUT2D eigenvalue weighted by atomic mass is 16.2. The Morgan fingerprint density at radius 3 is 2.60 bits per heavy atom. The van der Waals surface area contributed by atoms with Gasteiger partial charge in [-0.15, -0.1) is 0 Å². The molecular weight excluding hydrogens is 190 g/mol. The minimum atomic E-state index is -0.119. The number of nitrogens with two attached hydrogens (primary N) is 1. The Labute approximate surface area is 92.4 Å². The number of carbonyl (C=O) groups excluding carboxylic acids is 1. The number of hydrazine groups is 1. The maximum absolute atomic E-state index is 11.9. The maximum atomic E-state index is 11.9. The molecule has 1 amide bonds. The van der Waals surface area contributed by atoms with E-state index >= 15 is 0 Å². The van der Waals surface area contributed by atoms with Crippen molar-refractivity contribution in [1.82, 2.24) is 10.0 Å². The van der Waals surface area contributed by atoms with Crippen LogP contribution in [0.1, 0.15) is 40.0 Å². The zero-order chi connectivity index (χ0) is 11.5. The van der Waals surface area contributed by atoms with Crippen molar-refractivity contribution in [2.24, 2.45) is 5.73 Å². The number of rotatable bonds is 3. The van der Waals surface area contributed by atoms with Crippen LogP contribution >= 0.6 is 0 Å². The summed E-state index contributed by atoms with van der Waals surface area (Å²) in [6.45, 7) is 8.77. The van der Waals surface area contributed by atoms with Gasteiger partial charge >= 0.3 is 0 Å². The summed E-state index contributed by atoms with van der Waals surface area (Å²) in [4.78, 5) is 11.9. The summed E-state index contributed by atoms with van der Waals surface area (Å²) in [5.41, 5.74) is 5.39. The Kier molecular flexibility index (Phi) is 4.11. The lowest BCUT2D eigenvalue weighted by Crippen LogP contribution is -2.59. The van der Waals surface area contributed by atoms with Gasteiger partial charge in [-0.25, -0.2) is 5.01 Å². The van der Waals surface area contributed by atoms with Crippen LogP contribution in [0.5, 0.6) is 0 Å². The molecule has 2 N–H and O–H groups in total. The van der Waals surface area contributed by atoms with Crippen LogP contribution in [0, 0.1) is 0 Å². The van der Waals surface area contributed by atoms with E-state index in [9.17, 15) is 4.79 Å². The van der Waals surface area contributed by atoms with E-state index in [1.807, 2.05) is 5.01 Å². The van der Waals surface area contributed by atoms with E-state index in [4.69, 9.17) is 5.73 Å². The second-order valence-electron chi connectivity index (χ2n) is 5.08. The van der Waals surface area contributed by atoms with Gasteiger partial charge in [0.2, 0.25) is 5.91 Å². The second kappa shape index (κ2) is 4.94. The highest BCUT2D eigenvalue weighted by Gasteiger charge is 2.33. The number of amides is 1. The lowest BCUT2D eigenvalue weighted by molar-refractivity contribution is -0.170. The van der Waals surface area contributed by atoms with Crippen LogP contribution in [-0.4, -0.2) is 41.1 Å². The molecular formula is C11H23N3O. The van der Waals surface area contributed by atoms with Crippen LogP contribution in [0.15, 0.2) is 0 Å². The SMILES string of the molecule is CC(C)(C)N1C(=O)CCCN1CCCN. The van der Waals surface area contributed by atoms with E-state index in [0.29, 0.717) is 13.0 Å². The van der Waals surface area contributed by atoms with E-state index in [1.165, 1.54) is 0 Å². The van der Waals surface area contributed by atoms with E-state index < -0.39 is 0 Å². The summed E-state index contributed by atoms with van der Waals surface area (Å²) in [6, 6.07) is 0. The predicted octanol–water partition coefficient (Wildman–Crippen LogP) is 0.973. The molecule has 1 heterocycles. The fraction of sp³-hybridized carbons (Fsp3) is 0.909. The van der Waals surface area contributed by atoms with Crippen molar-refractivity contribution in [1.29, 1.82) is 0 Å². The third kappa shape index (κ3) is 3.18. The van der Waals surface area contributed by atoms with Gasteiger partial charge in [0.05, 0.1) is 5.54 Å². The van der Waals surface area contributed by atoms with Gasteiger partial charge in [-0.2, -0.15) is 0 Å². The first-order valence-corrected chi connectivity index (χ1v) is 5.75. The van der Waals surface area contributed by atoms with Crippen molar-refractivity contribution in [3.8, 4) is 0 Å². The molecule has 88 valence electrons. The van der Waals surface area contributed by atoms with E-state index in [0.717, 1.165) is 25.9 Å². The van der Waals surface area contributed by atoms with Gasteiger partial charge in [0.15, 0.2) is 0 Å². The van der Waals surface area contributed by atoms with Gasteiger partial charge in [-0.1, -0.05) is 0 Å². The Bertz CT molecular complexity index is 222. The molecule has 0 bridgehead atoms. The lowest BCUT2D eigenvalue weighted by Gasteiger charge is -2.46. The average molecular weight is 213 g/mol. The van der Waals surface area contributed by atoms with Crippen LogP contribution in [0.2, 0.25) is 0 Å². The van der Waals surface area contributed by atoms with Gasteiger partial charge in [-0.05, 0) is 40.2 Å². The van der Waals surface area contributed by atoms with Gasteiger partial charge in [0.25, 0.3) is 0 Å². The maximum Gasteiger partial charge on any atom is 0.237 e. The quantitative estimate of drug-likeness (QED) is 0.760. The number of carbonyl (C=O) groups is 1. The molecule has 0 aliphatic carbocycles. The summed E-state index contributed by atoms with van der Waals surface area (Å²) in [6.07, 6.45) is 2.59. The van der Waals surface area contributed by atoms with Gasteiger partial charge in [0.1, 0.15) is 0 Å². The molecule has 0 atom stereocenters. The van der Waals surface area contributed by atoms with Crippen molar-refractivity contribution in [2.75, 3.05) is 19.6 Å². The molecule has 1 aliphatic heterocycles. The fourth-order valence-corrected chi connectivity index (χ4v) is 2.06. The molecule has 1 aliphatic rings. The minimum Gasteiger partial charge on any atom is -0.330 e. The Morgan fingerprint density at radius 2 is 2.07 bits per heavy atom. The van der Waals surface area contributed by atoms with Crippen LogP contribution in [0.4, 0.5) is 0 Å². The summed E-state index contributed by atoms with van der Waals surface area (Å²) in [7, 11) is 0. The zero-order valence-corrected chi connectivity index (χ0v) is 10.1. The Balaban J connectivity index is 2.69. The molecule has 0 radical (unpaired) electrons. The van der Waals surface area contributed by atoms with Crippen molar-refractivity contribution in [3.63, 3.8) is 0 Å². The summed E-state index contributed by atoms with van der Waals surface area (Å²) < 4.78 is 0. The van der Waals surface area contributed by atoms with Crippen molar-refractivity contribution < 1.29 is 4.79 Å². The average Bonchev–Trinajstić information content (AvgIpc) is 2.12. The standard InChI is InChI=1S/C11H23N3O/c1-11(2,3)14-10(15)6-4-8-13(14)9-5-7-12/h4-9,12H2,1-3H3. The van der Waals surface area contributed by atoms with Crippen molar-refractivity contribution >= 4 is 5.91 Å². The molecule has 0 aromatic carbocycles. The van der Waals surface area contributed by atoms with Gasteiger partial charge in [0, 0.05) is 19.5 Å². The molecule has 1 fully saturated rings. The smallest absolute Gasteiger partial charge is 0.237 e. The van der Waals surface area contributed by atoms with Gasteiger partial charge in [-0.3, -0.25) is 9.80 Å². The molecule has 0 saturated carbocycles. The minimum absolute atomic E-state index is 0.119. The highest BCUT2D eigenvalue weighted by Crippen LogP contribution is 2.22. The molecule has 0 unspecified atom stereocenters. The van der Waals surface area contributed by atoms with Crippen LogP contribution in [-0.2, 0) is 4.79 Å². The largest absolute Gasteiger partial charge is 0.330 e. The normalized spacial score (nSPS) is 19.7. The zero-order valence-electron chi connectivity index (χ0n) is 10.1. The molecule has 15 heavy (non-hydrogen) atoms. The fourth-order valence-electron chi connectivity index (χ4n) is 2.06. The number of hydrogen-bond acceptors (Lipinski definition) is 3. The predicted molar refractivity (Wildman–Crippen MR) is 61.1 cm³/mol. The third-order valence-corrected chi connectivity index (χ3v) is 2.58. The number of hydrogen-bond donors (Lipinski definition) is 1. The van der Waals surface area contributed by atoms with Crippen LogP contribution < -0.4 is 5.73 Å². The molecule has 4 heteroatoms. The molecule has 0 spiro atoms. The van der Waals surface area contributed by atoms with Crippen LogP contribution in [0.25, 0.3) is 0 Å². The first kappa shape index (κ1) is 12.5. The molecule has 0 aromatic rings. The molecule has 4 nitrogen and oxygen atoms in total. The van der Waals surface area contributed by atoms with Crippen molar-refractivity contribution in [3.05, 3.63) is 0 Å². The summed E-state index contributed by atoms with van der Waals surface area (Å²) >= 11 is 0. The topological polar surface area (TPSA) is 49.6 Å². The third-order valence-electron chi connectivity index (χ3n) is 2.58. The summed E-state index contributed by atoms with van der Waals surface area (Å²) in [5, 5.41) is 4.06. The number of nitrogens with zero attached hydrogens (tertiary/aromatic N) is 2. The molecule has 1 rings (SSSR count). The van der Waals surface area contributed by atoms with E-state index in [1.54, 1.807) is 0 Å². The first-order valence-electron chi connectivity index (χ1n) is 5.75. The Morgan fingerprint density at radius 1 is 1.40 bits per heavy atom. The van der Waals surface area contributed by atoms with E-state index in [2.05, 4.69) is 25.8 Å². The monoisotopic (exact) mass is 213 g/mol. The molecule has 1 saturated heterocycles. The summed E-state index contributed by atoms with van der Waals surface area (Å²) in [5.74, 6) is 0.241. The lowest BCUT2D eigenvalue weighted by atomic mass is 10.1. The van der Waals surface area contributed by atoms with Gasteiger partial charge < -0.3 is 5.73 Å². The molecule has 0 aromatic heterocycles.